The molecule has 0 aromatic carbocycles. The van der Waals surface area contributed by atoms with Gasteiger partial charge in [-0.05, 0) is 19.9 Å². The standard InChI is InChI=1S/C8H14O6S/c1-3-13-7(2)8(9)14-5-4-6-15(10,11)12/h2-6H2,1H3,(H,10,11,12). The molecular weight excluding hydrogens is 224 g/mol. The molecule has 0 aromatic rings. The summed E-state index contributed by atoms with van der Waals surface area (Å²) < 4.78 is 38.3. The number of hydrogen-bond acceptors (Lipinski definition) is 5. The van der Waals surface area contributed by atoms with Crippen LogP contribution in [0.5, 0.6) is 0 Å². The Morgan fingerprint density at radius 2 is 2.00 bits per heavy atom. The van der Waals surface area contributed by atoms with Gasteiger partial charge in [-0.3, -0.25) is 4.55 Å². The topological polar surface area (TPSA) is 89.9 Å². The molecule has 0 aromatic heterocycles. The molecule has 0 unspecified atom stereocenters. The van der Waals surface area contributed by atoms with Crippen LogP contribution in [0.25, 0.3) is 0 Å². The Morgan fingerprint density at radius 3 is 2.47 bits per heavy atom. The molecule has 0 saturated carbocycles. The van der Waals surface area contributed by atoms with Crippen molar-refractivity contribution < 1.29 is 27.2 Å². The molecule has 7 heteroatoms. The summed E-state index contributed by atoms with van der Waals surface area (Å²) in [6.45, 7) is 5.20. The molecule has 1 N–H and O–H groups in total. The number of carbonyl (C=O) groups excluding carboxylic acids is 1. The highest BCUT2D eigenvalue weighted by Gasteiger charge is 2.10. The van der Waals surface area contributed by atoms with Crippen LogP contribution in [0.3, 0.4) is 0 Å². The normalized spacial score (nSPS) is 10.8. The van der Waals surface area contributed by atoms with Crippen molar-refractivity contribution in [2.24, 2.45) is 0 Å². The van der Waals surface area contributed by atoms with E-state index in [4.69, 9.17) is 9.29 Å². The lowest BCUT2D eigenvalue weighted by atomic mass is 10.5. The van der Waals surface area contributed by atoms with E-state index in [2.05, 4.69) is 11.3 Å². The first-order valence-electron chi connectivity index (χ1n) is 4.30. The van der Waals surface area contributed by atoms with Gasteiger partial charge in [0.2, 0.25) is 0 Å². The predicted molar refractivity (Wildman–Crippen MR) is 52.8 cm³/mol. The first-order chi connectivity index (χ1) is 6.87. The summed E-state index contributed by atoms with van der Waals surface area (Å²) in [4.78, 5) is 11.0. The van der Waals surface area contributed by atoms with Gasteiger partial charge in [-0.1, -0.05) is 0 Å². The monoisotopic (exact) mass is 238 g/mol. The van der Waals surface area contributed by atoms with E-state index in [1.807, 2.05) is 0 Å². The summed E-state index contributed by atoms with van der Waals surface area (Å²) in [7, 11) is -4.00. The minimum absolute atomic E-state index is 0.0317. The largest absolute Gasteiger partial charge is 0.487 e. The second kappa shape index (κ2) is 6.41. The van der Waals surface area contributed by atoms with Crippen molar-refractivity contribution in [2.45, 2.75) is 13.3 Å². The van der Waals surface area contributed by atoms with Crippen LogP contribution in [0.15, 0.2) is 12.3 Å². The molecule has 0 aliphatic rings. The fourth-order valence-corrected chi connectivity index (χ4v) is 1.20. The Balaban J connectivity index is 3.69. The van der Waals surface area contributed by atoms with E-state index in [1.54, 1.807) is 6.92 Å². The zero-order valence-corrected chi connectivity index (χ0v) is 9.25. The van der Waals surface area contributed by atoms with Crippen molar-refractivity contribution >= 4 is 16.1 Å². The molecule has 0 fully saturated rings. The number of carbonyl (C=O) groups is 1. The van der Waals surface area contributed by atoms with Crippen LogP contribution in [-0.4, -0.2) is 37.9 Å². The van der Waals surface area contributed by atoms with Crippen LogP contribution in [0, 0.1) is 0 Å². The fourth-order valence-electron chi connectivity index (χ4n) is 0.720. The molecule has 0 radical (unpaired) electrons. The lowest BCUT2D eigenvalue weighted by Crippen LogP contribution is -2.13. The highest BCUT2D eigenvalue weighted by molar-refractivity contribution is 7.85. The van der Waals surface area contributed by atoms with Crippen LogP contribution in [0.4, 0.5) is 0 Å². The van der Waals surface area contributed by atoms with Gasteiger partial charge in [0, 0.05) is 0 Å². The van der Waals surface area contributed by atoms with E-state index >= 15 is 0 Å². The van der Waals surface area contributed by atoms with Crippen molar-refractivity contribution in [3.05, 3.63) is 12.3 Å². The minimum atomic E-state index is -4.00. The Hall–Kier alpha value is -1.08. The van der Waals surface area contributed by atoms with Crippen LogP contribution in [-0.2, 0) is 24.4 Å². The maximum atomic E-state index is 11.0. The number of esters is 1. The smallest absolute Gasteiger partial charge is 0.372 e. The van der Waals surface area contributed by atoms with E-state index < -0.39 is 21.8 Å². The lowest BCUT2D eigenvalue weighted by molar-refractivity contribution is -0.143. The van der Waals surface area contributed by atoms with E-state index in [1.165, 1.54) is 0 Å². The van der Waals surface area contributed by atoms with Crippen molar-refractivity contribution in [2.75, 3.05) is 19.0 Å². The van der Waals surface area contributed by atoms with Crippen LogP contribution >= 0.6 is 0 Å². The van der Waals surface area contributed by atoms with Gasteiger partial charge < -0.3 is 9.47 Å². The molecule has 0 amide bonds. The highest BCUT2D eigenvalue weighted by atomic mass is 32.2. The summed E-state index contributed by atoms with van der Waals surface area (Å²) in [6.07, 6.45) is 0.0317. The van der Waals surface area contributed by atoms with Crippen molar-refractivity contribution in [3.8, 4) is 0 Å². The highest BCUT2D eigenvalue weighted by Crippen LogP contribution is 1.98. The molecule has 0 saturated heterocycles. The molecule has 88 valence electrons. The molecule has 6 nitrogen and oxygen atoms in total. The molecule has 0 aliphatic carbocycles. The zero-order valence-electron chi connectivity index (χ0n) is 8.43. The van der Waals surface area contributed by atoms with Crippen molar-refractivity contribution in [1.82, 2.24) is 0 Å². The summed E-state index contributed by atoms with van der Waals surface area (Å²) >= 11 is 0. The average molecular weight is 238 g/mol. The molecule has 0 atom stereocenters. The lowest BCUT2D eigenvalue weighted by Gasteiger charge is -2.06. The molecule has 0 heterocycles. The van der Waals surface area contributed by atoms with Crippen LogP contribution in [0.2, 0.25) is 0 Å². The fraction of sp³-hybridized carbons (Fsp3) is 0.625. The van der Waals surface area contributed by atoms with Crippen molar-refractivity contribution in [3.63, 3.8) is 0 Å². The van der Waals surface area contributed by atoms with E-state index in [0.717, 1.165) is 0 Å². The third-order valence-corrected chi connectivity index (χ3v) is 2.13. The Kier molecular flexibility index (Phi) is 5.95. The molecule has 0 aliphatic heterocycles. The first-order valence-corrected chi connectivity index (χ1v) is 5.91. The maximum Gasteiger partial charge on any atom is 0.372 e. The summed E-state index contributed by atoms with van der Waals surface area (Å²) in [5.74, 6) is -1.29. The van der Waals surface area contributed by atoms with Gasteiger partial charge in [0.15, 0.2) is 5.76 Å². The predicted octanol–water partition coefficient (Wildman–Crippen LogP) is 0.358. The van der Waals surface area contributed by atoms with Crippen LogP contribution in [0.1, 0.15) is 13.3 Å². The third-order valence-electron chi connectivity index (χ3n) is 1.33. The molecule has 0 spiro atoms. The quantitative estimate of drug-likeness (QED) is 0.226. The summed E-state index contributed by atoms with van der Waals surface area (Å²) in [5.41, 5.74) is 0. The van der Waals surface area contributed by atoms with Crippen molar-refractivity contribution in [1.29, 1.82) is 0 Å². The Bertz CT molecular complexity index is 318. The van der Waals surface area contributed by atoms with Gasteiger partial charge in [-0.25, -0.2) is 4.79 Å². The molecule has 0 rings (SSSR count). The number of ether oxygens (including phenoxy) is 2. The summed E-state index contributed by atoms with van der Waals surface area (Å²) in [5, 5.41) is 0. The van der Waals surface area contributed by atoms with Gasteiger partial charge in [0.05, 0.1) is 19.0 Å². The maximum absolute atomic E-state index is 11.0. The Labute approximate surface area is 88.6 Å². The first kappa shape index (κ1) is 13.9. The average Bonchev–Trinajstić information content (AvgIpc) is 2.11. The van der Waals surface area contributed by atoms with Gasteiger partial charge in [0.1, 0.15) is 0 Å². The molecule has 15 heavy (non-hydrogen) atoms. The number of hydrogen-bond donors (Lipinski definition) is 1. The number of rotatable bonds is 7. The molecular formula is C8H14O6S. The zero-order chi connectivity index (χ0) is 11.9. The van der Waals surface area contributed by atoms with Crippen LogP contribution < -0.4 is 0 Å². The van der Waals surface area contributed by atoms with Gasteiger partial charge in [-0.2, -0.15) is 8.42 Å². The van der Waals surface area contributed by atoms with E-state index in [0.29, 0.717) is 6.61 Å². The van der Waals surface area contributed by atoms with E-state index in [-0.39, 0.29) is 18.8 Å². The second-order valence-corrected chi connectivity index (χ2v) is 4.20. The van der Waals surface area contributed by atoms with Gasteiger partial charge in [0.25, 0.3) is 10.1 Å². The van der Waals surface area contributed by atoms with Gasteiger partial charge in [-0.15, -0.1) is 0 Å². The molecule has 0 bridgehead atoms. The third kappa shape index (κ3) is 7.95. The minimum Gasteiger partial charge on any atom is -0.487 e. The van der Waals surface area contributed by atoms with Gasteiger partial charge >= 0.3 is 5.97 Å². The Morgan fingerprint density at radius 1 is 1.40 bits per heavy atom. The summed E-state index contributed by atoms with van der Waals surface area (Å²) in [6, 6.07) is 0. The van der Waals surface area contributed by atoms with E-state index in [9.17, 15) is 13.2 Å². The second-order valence-electron chi connectivity index (χ2n) is 2.63. The SMILES string of the molecule is C=C(OCC)C(=O)OCCCS(=O)(=O)O.